The van der Waals surface area contributed by atoms with Crippen molar-refractivity contribution in [2.75, 3.05) is 5.32 Å². The highest BCUT2D eigenvalue weighted by Crippen LogP contribution is 2.30. The fourth-order valence-corrected chi connectivity index (χ4v) is 4.51. The summed E-state index contributed by atoms with van der Waals surface area (Å²) in [5.41, 5.74) is 4.25. The molecule has 4 aromatic heterocycles. The number of nitrogens with one attached hydrogen (secondary N) is 1. The molecule has 0 aliphatic heterocycles. The lowest BCUT2D eigenvalue weighted by Gasteiger charge is -2.00. The molecule has 4 rings (SSSR count). The number of hydrogen-bond donors (Lipinski definition) is 1. The highest BCUT2D eigenvalue weighted by atomic mass is 32.1. The summed E-state index contributed by atoms with van der Waals surface area (Å²) in [6.45, 7) is 3.98. The maximum Gasteiger partial charge on any atom is 0.269 e. The normalized spacial score (nSPS) is 10.8. The van der Waals surface area contributed by atoms with Crippen LogP contribution in [0.4, 0.5) is 5.13 Å². The van der Waals surface area contributed by atoms with E-state index in [0.717, 1.165) is 40.5 Å². The topological polar surface area (TPSA) is 80.7 Å². The second-order valence-corrected chi connectivity index (χ2v) is 8.28. The molecule has 146 valence electrons. The minimum absolute atomic E-state index is 0.198. The third kappa shape index (κ3) is 4.38. The monoisotopic (exact) mass is 421 g/mol. The van der Waals surface area contributed by atoms with E-state index >= 15 is 0 Å². The Kier molecular flexibility index (Phi) is 5.73. The number of amides is 1. The van der Waals surface area contributed by atoms with Crippen LogP contribution in [-0.4, -0.2) is 25.8 Å². The number of hydrogen-bond acceptors (Lipinski definition) is 7. The second kappa shape index (κ2) is 8.59. The zero-order valence-corrected chi connectivity index (χ0v) is 17.7. The van der Waals surface area contributed by atoms with Crippen LogP contribution in [0.3, 0.4) is 0 Å². The van der Waals surface area contributed by atoms with E-state index in [4.69, 9.17) is 0 Å². The Morgan fingerprint density at radius 3 is 2.79 bits per heavy atom. The van der Waals surface area contributed by atoms with Gasteiger partial charge in [-0.2, -0.15) is 0 Å². The Labute approximate surface area is 176 Å². The summed E-state index contributed by atoms with van der Waals surface area (Å²) < 4.78 is 0. The van der Waals surface area contributed by atoms with Gasteiger partial charge in [-0.15, -0.1) is 22.7 Å². The third-order valence-electron chi connectivity index (χ3n) is 4.22. The second-order valence-electron chi connectivity index (χ2n) is 6.43. The SMILES string of the molecule is CCCc1cc(-c2nc(C)c(C(=O)Nc3nc(-c4ccccn4)cs3)s2)ccn1. The summed E-state index contributed by atoms with van der Waals surface area (Å²) >= 11 is 2.76. The molecule has 0 saturated carbocycles. The average Bonchev–Trinajstić information content (AvgIpc) is 3.36. The number of nitrogens with zero attached hydrogens (tertiary/aromatic N) is 4. The number of pyridine rings is 2. The third-order valence-corrected chi connectivity index (χ3v) is 6.19. The molecule has 4 heterocycles. The van der Waals surface area contributed by atoms with E-state index in [0.29, 0.717) is 15.7 Å². The number of rotatable bonds is 6. The summed E-state index contributed by atoms with van der Waals surface area (Å²) in [5.74, 6) is -0.198. The van der Waals surface area contributed by atoms with Crippen LogP contribution in [0.15, 0.2) is 48.1 Å². The molecule has 1 N–H and O–H groups in total. The predicted molar refractivity (Wildman–Crippen MR) is 117 cm³/mol. The zero-order valence-electron chi connectivity index (χ0n) is 16.0. The molecule has 0 fully saturated rings. The van der Waals surface area contributed by atoms with Crippen molar-refractivity contribution in [2.24, 2.45) is 0 Å². The van der Waals surface area contributed by atoms with Crippen molar-refractivity contribution < 1.29 is 4.79 Å². The van der Waals surface area contributed by atoms with Crippen LogP contribution in [0.25, 0.3) is 22.0 Å². The summed E-state index contributed by atoms with van der Waals surface area (Å²) in [6.07, 6.45) is 5.48. The van der Waals surface area contributed by atoms with Crippen LogP contribution in [-0.2, 0) is 6.42 Å². The Balaban J connectivity index is 1.53. The van der Waals surface area contributed by atoms with Crippen LogP contribution in [0.5, 0.6) is 0 Å². The van der Waals surface area contributed by atoms with Gasteiger partial charge >= 0.3 is 0 Å². The molecule has 1 amide bonds. The molecule has 0 bridgehead atoms. The molecule has 0 unspecified atom stereocenters. The molecule has 0 aromatic carbocycles. The van der Waals surface area contributed by atoms with Gasteiger partial charge in [0.05, 0.1) is 11.4 Å². The molecule has 0 spiro atoms. The van der Waals surface area contributed by atoms with Crippen LogP contribution >= 0.6 is 22.7 Å². The highest BCUT2D eigenvalue weighted by molar-refractivity contribution is 7.17. The van der Waals surface area contributed by atoms with E-state index in [1.165, 1.54) is 22.7 Å². The Morgan fingerprint density at radius 2 is 2.00 bits per heavy atom. The van der Waals surface area contributed by atoms with Gasteiger partial charge in [0.15, 0.2) is 5.13 Å². The lowest BCUT2D eigenvalue weighted by atomic mass is 10.2. The van der Waals surface area contributed by atoms with Gasteiger partial charge in [0.1, 0.15) is 15.6 Å². The van der Waals surface area contributed by atoms with Gasteiger partial charge in [-0.1, -0.05) is 19.4 Å². The molecule has 6 nitrogen and oxygen atoms in total. The number of aromatic nitrogens is 4. The van der Waals surface area contributed by atoms with Gasteiger partial charge in [-0.05, 0) is 37.6 Å². The number of anilines is 1. The molecule has 4 aromatic rings. The first-order valence-electron chi connectivity index (χ1n) is 9.25. The summed E-state index contributed by atoms with van der Waals surface area (Å²) in [7, 11) is 0. The van der Waals surface area contributed by atoms with Crippen LogP contribution in [0.2, 0.25) is 0 Å². The van der Waals surface area contributed by atoms with Crippen molar-refractivity contribution in [3.8, 4) is 22.0 Å². The Morgan fingerprint density at radius 1 is 1.10 bits per heavy atom. The molecule has 29 heavy (non-hydrogen) atoms. The van der Waals surface area contributed by atoms with E-state index in [9.17, 15) is 4.79 Å². The Hall–Kier alpha value is -2.97. The fraction of sp³-hybridized carbons (Fsp3) is 0.190. The first-order valence-corrected chi connectivity index (χ1v) is 10.9. The van der Waals surface area contributed by atoms with Gasteiger partial charge in [-0.25, -0.2) is 9.97 Å². The average molecular weight is 422 g/mol. The van der Waals surface area contributed by atoms with E-state index in [1.807, 2.05) is 42.6 Å². The highest BCUT2D eigenvalue weighted by Gasteiger charge is 2.18. The van der Waals surface area contributed by atoms with Gasteiger partial charge in [0, 0.05) is 29.0 Å². The molecule has 0 aliphatic rings. The molecule has 0 radical (unpaired) electrons. The minimum atomic E-state index is -0.198. The molecule has 8 heteroatoms. The van der Waals surface area contributed by atoms with Gasteiger partial charge < -0.3 is 0 Å². The maximum atomic E-state index is 12.8. The van der Waals surface area contributed by atoms with Gasteiger partial charge in [0.2, 0.25) is 0 Å². The Bertz CT molecular complexity index is 1140. The molecule has 0 atom stereocenters. The maximum absolute atomic E-state index is 12.8. The van der Waals surface area contributed by atoms with E-state index in [1.54, 1.807) is 12.4 Å². The lowest BCUT2D eigenvalue weighted by molar-refractivity contribution is 0.103. The standard InChI is InChI=1S/C21H19N5OS2/c1-3-6-15-11-14(8-10-22-15)20-24-13(2)18(29-20)19(27)26-21-25-17(12-28-21)16-7-4-5-9-23-16/h4-5,7-12H,3,6H2,1-2H3,(H,25,26,27). The molecule has 0 saturated heterocycles. The van der Waals surface area contributed by atoms with Crippen molar-refractivity contribution in [3.63, 3.8) is 0 Å². The largest absolute Gasteiger partial charge is 0.297 e. The lowest BCUT2D eigenvalue weighted by Crippen LogP contribution is -2.11. The van der Waals surface area contributed by atoms with Crippen molar-refractivity contribution in [1.29, 1.82) is 0 Å². The van der Waals surface area contributed by atoms with Gasteiger partial charge in [-0.3, -0.25) is 20.1 Å². The van der Waals surface area contributed by atoms with E-state index < -0.39 is 0 Å². The summed E-state index contributed by atoms with van der Waals surface area (Å²) in [5, 5.41) is 6.13. The number of carbonyl (C=O) groups is 1. The number of aryl methyl sites for hydroxylation is 2. The minimum Gasteiger partial charge on any atom is -0.297 e. The molecular formula is C21H19N5OS2. The van der Waals surface area contributed by atoms with Crippen molar-refractivity contribution in [1.82, 2.24) is 19.9 Å². The first-order chi connectivity index (χ1) is 14.1. The van der Waals surface area contributed by atoms with Crippen LogP contribution in [0.1, 0.15) is 34.4 Å². The summed E-state index contributed by atoms with van der Waals surface area (Å²) in [6, 6.07) is 9.63. The van der Waals surface area contributed by atoms with Crippen molar-refractivity contribution in [2.45, 2.75) is 26.7 Å². The quantitative estimate of drug-likeness (QED) is 0.461. The predicted octanol–water partition coefficient (Wildman–Crippen LogP) is 5.24. The first kappa shape index (κ1) is 19.4. The van der Waals surface area contributed by atoms with Gasteiger partial charge in [0.25, 0.3) is 5.91 Å². The fourth-order valence-electron chi connectivity index (χ4n) is 2.85. The van der Waals surface area contributed by atoms with E-state index in [-0.39, 0.29) is 5.91 Å². The summed E-state index contributed by atoms with van der Waals surface area (Å²) in [4.78, 5) is 31.1. The smallest absolute Gasteiger partial charge is 0.269 e. The van der Waals surface area contributed by atoms with Crippen molar-refractivity contribution >= 4 is 33.7 Å². The van der Waals surface area contributed by atoms with E-state index in [2.05, 4.69) is 32.2 Å². The number of thiazole rings is 2. The van der Waals surface area contributed by atoms with Crippen molar-refractivity contribution in [3.05, 3.63) is 64.4 Å². The van der Waals surface area contributed by atoms with Crippen LogP contribution in [0, 0.1) is 6.92 Å². The zero-order chi connectivity index (χ0) is 20.2. The molecule has 0 aliphatic carbocycles. The van der Waals surface area contributed by atoms with Crippen LogP contribution < -0.4 is 5.32 Å². The number of carbonyl (C=O) groups excluding carboxylic acids is 1. The molecular weight excluding hydrogens is 402 g/mol.